The minimum atomic E-state index is -0.0567. The van der Waals surface area contributed by atoms with E-state index in [2.05, 4.69) is 5.32 Å². The van der Waals surface area contributed by atoms with Crippen molar-refractivity contribution >= 4 is 29.1 Å². The van der Waals surface area contributed by atoms with E-state index >= 15 is 0 Å². The van der Waals surface area contributed by atoms with Crippen molar-refractivity contribution in [1.82, 2.24) is 10.2 Å². The summed E-state index contributed by atoms with van der Waals surface area (Å²) in [5.74, 6) is 0.615. The molecule has 0 spiro atoms. The highest BCUT2D eigenvalue weighted by molar-refractivity contribution is 6.35. The number of carbonyl (C=O) groups is 1. The van der Waals surface area contributed by atoms with Crippen LogP contribution in [0.25, 0.3) is 0 Å². The van der Waals surface area contributed by atoms with Crippen molar-refractivity contribution in [2.45, 2.75) is 32.2 Å². The number of piperidine rings is 1. The van der Waals surface area contributed by atoms with Gasteiger partial charge in [-0.25, -0.2) is 0 Å². The average molecular weight is 329 g/mol. The zero-order valence-corrected chi connectivity index (χ0v) is 14.0. The molecule has 0 radical (unpaired) electrons. The average Bonchev–Trinajstić information content (AvgIpc) is 2.47. The number of halogens is 2. The number of rotatable bonds is 4. The van der Waals surface area contributed by atoms with Gasteiger partial charge < -0.3 is 10.2 Å². The first-order chi connectivity index (χ1) is 9.99. The van der Waals surface area contributed by atoms with Crippen LogP contribution in [0.1, 0.15) is 37.8 Å². The van der Waals surface area contributed by atoms with Crippen molar-refractivity contribution in [1.29, 1.82) is 0 Å². The van der Waals surface area contributed by atoms with E-state index in [1.54, 1.807) is 11.0 Å². The van der Waals surface area contributed by atoms with Crippen LogP contribution in [-0.4, -0.2) is 30.9 Å². The van der Waals surface area contributed by atoms with Gasteiger partial charge in [-0.1, -0.05) is 29.3 Å². The standard InChI is InChI=1S/C16H22Cl2N2O/c1-11(14-6-5-13(17)9-15(14)18)20(2)16(21)8-12-4-3-7-19-10-12/h5-6,9,11-12,19H,3-4,7-8,10H2,1-2H3. The third-order valence-electron chi connectivity index (χ3n) is 4.25. The number of nitrogens with one attached hydrogen (secondary N) is 1. The molecule has 1 fully saturated rings. The summed E-state index contributed by atoms with van der Waals surface area (Å²) >= 11 is 12.2. The van der Waals surface area contributed by atoms with Crippen molar-refractivity contribution in [2.75, 3.05) is 20.1 Å². The molecule has 1 aliphatic heterocycles. The minimum absolute atomic E-state index is 0.0567. The summed E-state index contributed by atoms with van der Waals surface area (Å²) in [6.07, 6.45) is 2.88. The quantitative estimate of drug-likeness (QED) is 0.908. The van der Waals surface area contributed by atoms with Crippen molar-refractivity contribution < 1.29 is 4.79 Å². The Kier molecular flexibility index (Phi) is 5.91. The molecule has 0 aliphatic carbocycles. The third kappa shape index (κ3) is 4.35. The van der Waals surface area contributed by atoms with Crippen LogP contribution < -0.4 is 5.32 Å². The Balaban J connectivity index is 2.00. The fraction of sp³-hybridized carbons (Fsp3) is 0.562. The predicted octanol–water partition coefficient (Wildman–Crippen LogP) is 3.90. The van der Waals surface area contributed by atoms with Crippen LogP contribution in [-0.2, 0) is 4.79 Å². The molecule has 0 saturated carbocycles. The summed E-state index contributed by atoms with van der Waals surface area (Å²) in [5.41, 5.74) is 0.929. The molecule has 1 amide bonds. The first kappa shape index (κ1) is 16.6. The van der Waals surface area contributed by atoms with Crippen LogP contribution in [0, 0.1) is 5.92 Å². The van der Waals surface area contributed by atoms with E-state index in [1.165, 1.54) is 0 Å². The van der Waals surface area contributed by atoms with Gasteiger partial charge in [-0.2, -0.15) is 0 Å². The highest BCUT2D eigenvalue weighted by Gasteiger charge is 2.23. The van der Waals surface area contributed by atoms with E-state index in [0.29, 0.717) is 22.4 Å². The molecule has 2 atom stereocenters. The maximum absolute atomic E-state index is 12.4. The van der Waals surface area contributed by atoms with Gasteiger partial charge >= 0.3 is 0 Å². The van der Waals surface area contributed by atoms with E-state index in [9.17, 15) is 4.79 Å². The Morgan fingerprint density at radius 2 is 2.24 bits per heavy atom. The van der Waals surface area contributed by atoms with Crippen LogP contribution in [0.5, 0.6) is 0 Å². The maximum Gasteiger partial charge on any atom is 0.223 e. The SMILES string of the molecule is CC(c1ccc(Cl)cc1Cl)N(C)C(=O)CC1CCCNC1. The van der Waals surface area contributed by atoms with Crippen LogP contribution in [0.15, 0.2) is 18.2 Å². The summed E-state index contributed by atoms with van der Waals surface area (Å²) in [5, 5.41) is 4.56. The van der Waals surface area contributed by atoms with Gasteiger partial charge in [0.25, 0.3) is 0 Å². The molecule has 1 heterocycles. The van der Waals surface area contributed by atoms with Gasteiger partial charge in [-0.05, 0) is 56.5 Å². The zero-order valence-electron chi connectivity index (χ0n) is 12.5. The normalized spacial score (nSPS) is 20.1. The Morgan fingerprint density at radius 1 is 1.48 bits per heavy atom. The second kappa shape index (κ2) is 7.48. The van der Waals surface area contributed by atoms with Gasteiger partial charge in [-0.15, -0.1) is 0 Å². The van der Waals surface area contributed by atoms with E-state index in [4.69, 9.17) is 23.2 Å². The molecule has 1 aliphatic rings. The lowest BCUT2D eigenvalue weighted by molar-refractivity contribution is -0.133. The lowest BCUT2D eigenvalue weighted by Gasteiger charge is -2.29. The number of hydrogen-bond acceptors (Lipinski definition) is 2. The molecule has 1 N–H and O–H groups in total. The lowest BCUT2D eigenvalue weighted by atomic mass is 9.95. The van der Waals surface area contributed by atoms with Gasteiger partial charge in [-0.3, -0.25) is 4.79 Å². The molecule has 1 saturated heterocycles. The molecule has 2 rings (SSSR count). The van der Waals surface area contributed by atoms with E-state index < -0.39 is 0 Å². The van der Waals surface area contributed by atoms with E-state index in [1.807, 2.05) is 26.1 Å². The lowest BCUT2D eigenvalue weighted by Crippen LogP contribution is -2.36. The Hall–Kier alpha value is -0.770. The first-order valence-electron chi connectivity index (χ1n) is 7.40. The number of carbonyl (C=O) groups excluding carboxylic acids is 1. The molecule has 0 aromatic heterocycles. The third-order valence-corrected chi connectivity index (χ3v) is 4.81. The number of hydrogen-bond donors (Lipinski definition) is 1. The number of amides is 1. The predicted molar refractivity (Wildman–Crippen MR) is 87.9 cm³/mol. The molecular weight excluding hydrogens is 307 g/mol. The molecule has 0 bridgehead atoms. The smallest absolute Gasteiger partial charge is 0.223 e. The monoisotopic (exact) mass is 328 g/mol. The summed E-state index contributed by atoms with van der Waals surface area (Å²) in [6, 6.07) is 5.36. The highest BCUT2D eigenvalue weighted by atomic mass is 35.5. The van der Waals surface area contributed by atoms with Gasteiger partial charge in [0.15, 0.2) is 0 Å². The Morgan fingerprint density at radius 3 is 2.86 bits per heavy atom. The summed E-state index contributed by atoms with van der Waals surface area (Å²) in [7, 11) is 1.84. The van der Waals surface area contributed by atoms with Crippen LogP contribution in [0.4, 0.5) is 0 Å². The van der Waals surface area contributed by atoms with Crippen LogP contribution >= 0.6 is 23.2 Å². The van der Waals surface area contributed by atoms with Crippen molar-refractivity contribution in [3.63, 3.8) is 0 Å². The van der Waals surface area contributed by atoms with Crippen molar-refractivity contribution in [2.24, 2.45) is 5.92 Å². The number of benzene rings is 1. The summed E-state index contributed by atoms with van der Waals surface area (Å²) < 4.78 is 0. The molecular formula is C16H22Cl2N2O. The van der Waals surface area contributed by atoms with Gasteiger partial charge in [0, 0.05) is 23.5 Å². The largest absolute Gasteiger partial charge is 0.339 e. The second-order valence-corrected chi connectivity index (χ2v) is 6.61. The summed E-state index contributed by atoms with van der Waals surface area (Å²) in [6.45, 7) is 4.00. The molecule has 21 heavy (non-hydrogen) atoms. The molecule has 1 aromatic rings. The zero-order chi connectivity index (χ0) is 15.4. The van der Waals surface area contributed by atoms with Crippen LogP contribution in [0.3, 0.4) is 0 Å². The fourth-order valence-electron chi connectivity index (χ4n) is 2.75. The topological polar surface area (TPSA) is 32.3 Å². The first-order valence-corrected chi connectivity index (χ1v) is 8.16. The molecule has 2 unspecified atom stereocenters. The minimum Gasteiger partial charge on any atom is -0.339 e. The van der Waals surface area contributed by atoms with Crippen molar-refractivity contribution in [3.8, 4) is 0 Å². The van der Waals surface area contributed by atoms with E-state index in [-0.39, 0.29) is 11.9 Å². The fourth-order valence-corrected chi connectivity index (χ4v) is 3.32. The Labute approximate surface area is 136 Å². The molecule has 5 heteroatoms. The molecule has 116 valence electrons. The maximum atomic E-state index is 12.4. The molecule has 3 nitrogen and oxygen atoms in total. The highest BCUT2D eigenvalue weighted by Crippen LogP contribution is 2.30. The van der Waals surface area contributed by atoms with Gasteiger partial charge in [0.2, 0.25) is 5.91 Å². The summed E-state index contributed by atoms with van der Waals surface area (Å²) in [4.78, 5) is 14.2. The van der Waals surface area contributed by atoms with Crippen molar-refractivity contribution in [3.05, 3.63) is 33.8 Å². The number of nitrogens with zero attached hydrogens (tertiary/aromatic N) is 1. The van der Waals surface area contributed by atoms with Gasteiger partial charge in [0.05, 0.1) is 6.04 Å². The molecule has 1 aromatic carbocycles. The Bertz CT molecular complexity index is 501. The van der Waals surface area contributed by atoms with E-state index in [0.717, 1.165) is 31.5 Å². The van der Waals surface area contributed by atoms with Gasteiger partial charge in [0.1, 0.15) is 0 Å². The second-order valence-electron chi connectivity index (χ2n) is 5.76. The van der Waals surface area contributed by atoms with Crippen LogP contribution in [0.2, 0.25) is 10.0 Å².